The minimum atomic E-state index is -1.86. The number of morpholine rings is 1. The predicted molar refractivity (Wildman–Crippen MR) is 112 cm³/mol. The van der Waals surface area contributed by atoms with Gasteiger partial charge in [-0.1, -0.05) is 34.8 Å². The molecule has 1 heterocycles. The van der Waals surface area contributed by atoms with Crippen LogP contribution in [-0.2, 0) is 9.47 Å². The molecule has 1 aliphatic rings. The Hall–Kier alpha value is -1.52. The number of benzene rings is 1. The predicted octanol–water partition coefficient (Wildman–Crippen LogP) is 2.50. The zero-order chi connectivity index (χ0) is 20.7. The largest absolute Gasteiger partial charge is 0.465 e. The van der Waals surface area contributed by atoms with Gasteiger partial charge in [0, 0.05) is 18.8 Å². The number of esters is 1. The fourth-order valence-electron chi connectivity index (χ4n) is 2.29. The zero-order valence-corrected chi connectivity index (χ0v) is 17.9. The molecular weight excluding hydrogens is 451 g/mol. The standard InChI is InChI=1S/C16H19Cl3N4O4S/c1-26-12(24)10-2-4-11(5-3-10)20-14(28)21-13(16(17,18)19)22-15(25)23-6-8-27-9-7-23/h2-5,13H,6-9H2,1H3,(H,22,25)(H2,20,21,28). The third kappa shape index (κ3) is 6.82. The van der Waals surface area contributed by atoms with Crippen LogP contribution in [0.5, 0.6) is 0 Å². The number of methoxy groups -OCH3 is 1. The second-order valence-corrected chi connectivity index (χ2v) is 8.47. The molecule has 1 atom stereocenters. The first-order valence-electron chi connectivity index (χ1n) is 8.16. The molecule has 0 aliphatic carbocycles. The smallest absolute Gasteiger partial charge is 0.337 e. The quantitative estimate of drug-likeness (QED) is 0.270. The number of thiocarbonyl (C=S) groups is 1. The lowest BCUT2D eigenvalue weighted by Gasteiger charge is -2.32. The molecule has 3 N–H and O–H groups in total. The maximum Gasteiger partial charge on any atom is 0.337 e. The van der Waals surface area contributed by atoms with Crippen LogP contribution in [0.15, 0.2) is 24.3 Å². The number of carbonyl (C=O) groups excluding carboxylic acids is 2. The second kappa shape index (κ2) is 10.3. The topological polar surface area (TPSA) is 91.9 Å². The fraction of sp³-hybridized carbons (Fsp3) is 0.438. The van der Waals surface area contributed by atoms with E-state index < -0.39 is 22.0 Å². The van der Waals surface area contributed by atoms with Gasteiger partial charge in [-0.3, -0.25) is 0 Å². The lowest BCUT2D eigenvalue weighted by Crippen LogP contribution is -2.59. The van der Waals surface area contributed by atoms with Crippen LogP contribution >= 0.6 is 47.0 Å². The summed E-state index contributed by atoms with van der Waals surface area (Å²) in [7, 11) is 1.30. The van der Waals surface area contributed by atoms with Crippen LogP contribution in [0.25, 0.3) is 0 Å². The number of halogens is 3. The normalized spacial score (nSPS) is 15.4. The number of ether oxygens (including phenoxy) is 2. The summed E-state index contributed by atoms with van der Waals surface area (Å²) in [5.74, 6) is -0.450. The van der Waals surface area contributed by atoms with Crippen molar-refractivity contribution in [2.24, 2.45) is 0 Å². The van der Waals surface area contributed by atoms with Crippen LogP contribution in [0.2, 0.25) is 0 Å². The molecule has 0 spiro atoms. The first kappa shape index (κ1) is 22.8. The van der Waals surface area contributed by atoms with Gasteiger partial charge in [-0.25, -0.2) is 9.59 Å². The number of hydrogen-bond donors (Lipinski definition) is 3. The fourth-order valence-corrected chi connectivity index (χ4v) is 2.85. The minimum Gasteiger partial charge on any atom is -0.465 e. The van der Waals surface area contributed by atoms with Gasteiger partial charge in [0.25, 0.3) is 0 Å². The Morgan fingerprint density at radius 1 is 1.18 bits per heavy atom. The molecule has 2 rings (SSSR count). The molecule has 1 saturated heterocycles. The van der Waals surface area contributed by atoms with E-state index in [-0.39, 0.29) is 5.11 Å². The Labute approximate surface area is 182 Å². The first-order chi connectivity index (χ1) is 13.2. The van der Waals surface area contributed by atoms with Crippen LogP contribution < -0.4 is 16.0 Å². The van der Waals surface area contributed by atoms with Gasteiger partial charge in [-0.05, 0) is 36.5 Å². The Balaban J connectivity index is 1.96. The molecule has 1 unspecified atom stereocenters. The van der Waals surface area contributed by atoms with Crippen LogP contribution in [0.3, 0.4) is 0 Å². The van der Waals surface area contributed by atoms with Crippen LogP contribution in [0.1, 0.15) is 10.4 Å². The molecule has 12 heteroatoms. The van der Waals surface area contributed by atoms with E-state index in [9.17, 15) is 9.59 Å². The molecule has 1 aliphatic heterocycles. The van der Waals surface area contributed by atoms with Crippen molar-refractivity contribution in [1.82, 2.24) is 15.5 Å². The van der Waals surface area contributed by atoms with E-state index in [0.717, 1.165) is 0 Å². The summed E-state index contributed by atoms with van der Waals surface area (Å²) < 4.78 is 7.99. The van der Waals surface area contributed by atoms with Crippen LogP contribution in [0.4, 0.5) is 10.5 Å². The molecule has 28 heavy (non-hydrogen) atoms. The summed E-state index contributed by atoms with van der Waals surface area (Å²) in [6.45, 7) is 1.77. The average Bonchev–Trinajstić information content (AvgIpc) is 2.67. The van der Waals surface area contributed by atoms with Crippen molar-refractivity contribution in [1.29, 1.82) is 0 Å². The van der Waals surface area contributed by atoms with Crippen LogP contribution in [0, 0.1) is 0 Å². The zero-order valence-electron chi connectivity index (χ0n) is 14.8. The second-order valence-electron chi connectivity index (χ2n) is 5.69. The number of carbonyl (C=O) groups is 2. The van der Waals surface area contributed by atoms with Crippen molar-refractivity contribution in [2.45, 2.75) is 9.96 Å². The summed E-state index contributed by atoms with van der Waals surface area (Å²) in [6.07, 6.45) is -1.08. The summed E-state index contributed by atoms with van der Waals surface area (Å²) in [4.78, 5) is 25.4. The number of nitrogens with one attached hydrogen (secondary N) is 3. The third-order valence-electron chi connectivity index (χ3n) is 3.73. The van der Waals surface area contributed by atoms with Crippen molar-refractivity contribution in [3.05, 3.63) is 29.8 Å². The highest BCUT2D eigenvalue weighted by Crippen LogP contribution is 2.29. The Morgan fingerprint density at radius 2 is 1.79 bits per heavy atom. The molecule has 1 aromatic carbocycles. The van der Waals surface area contributed by atoms with E-state index in [4.69, 9.17) is 51.8 Å². The van der Waals surface area contributed by atoms with E-state index in [1.807, 2.05) is 0 Å². The third-order valence-corrected chi connectivity index (χ3v) is 4.61. The van der Waals surface area contributed by atoms with E-state index >= 15 is 0 Å². The van der Waals surface area contributed by atoms with Gasteiger partial charge in [0.1, 0.15) is 0 Å². The lowest BCUT2D eigenvalue weighted by atomic mass is 10.2. The van der Waals surface area contributed by atoms with E-state index in [1.165, 1.54) is 7.11 Å². The molecule has 8 nitrogen and oxygen atoms in total. The van der Waals surface area contributed by atoms with E-state index in [0.29, 0.717) is 37.6 Å². The van der Waals surface area contributed by atoms with Gasteiger partial charge in [-0.15, -0.1) is 0 Å². The van der Waals surface area contributed by atoms with Gasteiger partial charge >= 0.3 is 12.0 Å². The van der Waals surface area contributed by atoms with Crippen molar-refractivity contribution < 1.29 is 19.1 Å². The minimum absolute atomic E-state index is 0.115. The number of hydrogen-bond acceptors (Lipinski definition) is 5. The SMILES string of the molecule is COC(=O)c1ccc(NC(=S)NC(NC(=O)N2CCOCC2)C(Cl)(Cl)Cl)cc1. The summed E-state index contributed by atoms with van der Waals surface area (Å²) in [5, 5.41) is 8.38. The number of amides is 2. The van der Waals surface area contributed by atoms with Gasteiger partial charge in [0.15, 0.2) is 11.3 Å². The van der Waals surface area contributed by atoms with Crippen molar-refractivity contribution in [2.75, 3.05) is 38.7 Å². The number of urea groups is 1. The highest BCUT2D eigenvalue weighted by atomic mass is 35.6. The maximum absolute atomic E-state index is 12.4. The number of nitrogens with zero attached hydrogens (tertiary/aromatic N) is 1. The average molecular weight is 470 g/mol. The highest BCUT2D eigenvalue weighted by Gasteiger charge is 2.35. The van der Waals surface area contributed by atoms with E-state index in [1.54, 1.807) is 29.2 Å². The molecule has 0 aromatic heterocycles. The van der Waals surface area contributed by atoms with Crippen LogP contribution in [-0.4, -0.2) is 65.4 Å². The van der Waals surface area contributed by atoms with Gasteiger partial charge < -0.3 is 30.3 Å². The maximum atomic E-state index is 12.4. The number of alkyl halides is 3. The van der Waals surface area contributed by atoms with Gasteiger partial charge in [0.2, 0.25) is 3.79 Å². The van der Waals surface area contributed by atoms with Crippen molar-refractivity contribution in [3.8, 4) is 0 Å². The summed E-state index contributed by atoms with van der Waals surface area (Å²) >= 11 is 23.1. The monoisotopic (exact) mass is 468 g/mol. The number of anilines is 1. The molecule has 0 saturated carbocycles. The molecule has 154 valence electrons. The lowest BCUT2D eigenvalue weighted by molar-refractivity contribution is 0.0524. The molecule has 1 aromatic rings. The van der Waals surface area contributed by atoms with Crippen molar-refractivity contribution >= 4 is 69.8 Å². The molecule has 2 amide bonds. The van der Waals surface area contributed by atoms with Crippen molar-refractivity contribution in [3.63, 3.8) is 0 Å². The van der Waals surface area contributed by atoms with Gasteiger partial charge in [-0.2, -0.15) is 0 Å². The van der Waals surface area contributed by atoms with Gasteiger partial charge in [0.05, 0.1) is 25.9 Å². The summed E-state index contributed by atoms with van der Waals surface area (Å²) in [6, 6.07) is 6.01. The van der Waals surface area contributed by atoms with E-state index in [2.05, 4.69) is 20.7 Å². The molecule has 0 bridgehead atoms. The first-order valence-corrected chi connectivity index (χ1v) is 9.70. The highest BCUT2D eigenvalue weighted by molar-refractivity contribution is 7.80. The Kier molecular flexibility index (Phi) is 8.38. The Bertz CT molecular complexity index is 709. The number of rotatable bonds is 4. The molecular formula is C16H19Cl3N4O4S. The summed E-state index contributed by atoms with van der Waals surface area (Å²) in [5.41, 5.74) is 0.983. The molecule has 0 radical (unpaired) electrons. The molecule has 1 fully saturated rings. The Morgan fingerprint density at radius 3 is 2.32 bits per heavy atom.